The highest BCUT2D eigenvalue weighted by Gasteiger charge is 2.05. The first-order valence-corrected chi connectivity index (χ1v) is 7.05. The van der Waals surface area contributed by atoms with E-state index in [1.807, 2.05) is 0 Å². The SMILES string of the molecule is CCOC(=O)NCCSC(=O)CCNC(=O)OCC. The Labute approximate surface area is 116 Å². The normalized spacial score (nSPS) is 9.58. The van der Waals surface area contributed by atoms with Crippen LogP contribution in [0.2, 0.25) is 0 Å². The first-order chi connectivity index (χ1) is 9.10. The second kappa shape index (κ2) is 11.6. The summed E-state index contributed by atoms with van der Waals surface area (Å²) in [7, 11) is 0. The van der Waals surface area contributed by atoms with Gasteiger partial charge in [0.05, 0.1) is 13.2 Å². The Morgan fingerprint density at radius 1 is 0.947 bits per heavy atom. The highest BCUT2D eigenvalue weighted by molar-refractivity contribution is 8.13. The van der Waals surface area contributed by atoms with Crippen molar-refractivity contribution in [3.8, 4) is 0 Å². The van der Waals surface area contributed by atoms with Crippen molar-refractivity contribution in [2.45, 2.75) is 20.3 Å². The van der Waals surface area contributed by atoms with Gasteiger partial charge in [-0.1, -0.05) is 11.8 Å². The van der Waals surface area contributed by atoms with Crippen LogP contribution < -0.4 is 10.6 Å². The van der Waals surface area contributed by atoms with Crippen molar-refractivity contribution in [3.05, 3.63) is 0 Å². The fourth-order valence-corrected chi connectivity index (χ4v) is 1.70. The molecule has 0 aliphatic rings. The highest BCUT2D eigenvalue weighted by atomic mass is 32.2. The standard InChI is InChI=1S/C11H20N2O5S/c1-3-17-10(15)12-6-5-9(14)19-8-7-13-11(16)18-4-2/h3-8H2,1-2H3,(H,12,15)(H,13,16). The van der Waals surface area contributed by atoms with Crippen LogP contribution in [0.15, 0.2) is 0 Å². The molecule has 2 N–H and O–H groups in total. The summed E-state index contributed by atoms with van der Waals surface area (Å²) < 4.78 is 9.30. The number of carbonyl (C=O) groups excluding carboxylic acids is 3. The number of carbonyl (C=O) groups is 3. The van der Waals surface area contributed by atoms with E-state index in [0.29, 0.717) is 25.5 Å². The van der Waals surface area contributed by atoms with Gasteiger partial charge in [0.1, 0.15) is 0 Å². The average molecular weight is 292 g/mol. The number of amides is 2. The first kappa shape index (κ1) is 17.6. The van der Waals surface area contributed by atoms with Gasteiger partial charge in [0.15, 0.2) is 5.12 Å². The Morgan fingerprint density at radius 2 is 1.47 bits per heavy atom. The van der Waals surface area contributed by atoms with Gasteiger partial charge in [-0.3, -0.25) is 4.79 Å². The lowest BCUT2D eigenvalue weighted by Crippen LogP contribution is -2.27. The van der Waals surface area contributed by atoms with E-state index in [9.17, 15) is 14.4 Å². The predicted molar refractivity (Wildman–Crippen MR) is 72.1 cm³/mol. The molecule has 0 radical (unpaired) electrons. The molecule has 19 heavy (non-hydrogen) atoms. The van der Waals surface area contributed by atoms with Gasteiger partial charge in [0.25, 0.3) is 0 Å². The number of alkyl carbamates (subject to hydrolysis) is 2. The van der Waals surface area contributed by atoms with Crippen LogP contribution in [0.4, 0.5) is 9.59 Å². The summed E-state index contributed by atoms with van der Waals surface area (Å²) in [5, 5.41) is 4.91. The lowest BCUT2D eigenvalue weighted by Gasteiger charge is -2.05. The van der Waals surface area contributed by atoms with Crippen LogP contribution in [-0.2, 0) is 14.3 Å². The number of hydrogen-bond donors (Lipinski definition) is 2. The molecule has 0 aliphatic heterocycles. The average Bonchev–Trinajstić information content (AvgIpc) is 2.35. The van der Waals surface area contributed by atoms with Gasteiger partial charge in [0, 0.05) is 25.3 Å². The third-order valence-corrected chi connectivity index (χ3v) is 2.72. The fourth-order valence-electron chi connectivity index (χ4n) is 1.02. The molecule has 2 amide bonds. The van der Waals surface area contributed by atoms with E-state index in [1.54, 1.807) is 13.8 Å². The van der Waals surface area contributed by atoms with E-state index in [-0.39, 0.29) is 18.1 Å². The summed E-state index contributed by atoms with van der Waals surface area (Å²) in [5.74, 6) is 0.469. The van der Waals surface area contributed by atoms with Gasteiger partial charge < -0.3 is 20.1 Å². The minimum Gasteiger partial charge on any atom is -0.450 e. The van der Waals surface area contributed by atoms with Crippen molar-refractivity contribution in [1.82, 2.24) is 10.6 Å². The van der Waals surface area contributed by atoms with Crippen molar-refractivity contribution in [2.24, 2.45) is 0 Å². The van der Waals surface area contributed by atoms with E-state index in [2.05, 4.69) is 20.1 Å². The largest absolute Gasteiger partial charge is 0.450 e. The Bertz CT molecular complexity index is 299. The zero-order valence-electron chi connectivity index (χ0n) is 11.2. The molecule has 0 saturated heterocycles. The highest BCUT2D eigenvalue weighted by Crippen LogP contribution is 2.03. The monoisotopic (exact) mass is 292 g/mol. The molecule has 0 aromatic heterocycles. The summed E-state index contributed by atoms with van der Waals surface area (Å²) in [6.07, 6.45) is -0.785. The van der Waals surface area contributed by atoms with E-state index < -0.39 is 12.2 Å². The maximum atomic E-state index is 11.4. The second-order valence-electron chi connectivity index (χ2n) is 3.26. The summed E-state index contributed by atoms with van der Waals surface area (Å²) in [4.78, 5) is 33.2. The molecule has 0 heterocycles. The number of ether oxygens (including phenoxy) is 2. The molecule has 0 aromatic rings. The van der Waals surface area contributed by atoms with Crippen LogP contribution in [0.1, 0.15) is 20.3 Å². The molecule has 0 fully saturated rings. The topological polar surface area (TPSA) is 93.7 Å². The van der Waals surface area contributed by atoms with Crippen LogP contribution >= 0.6 is 11.8 Å². The van der Waals surface area contributed by atoms with Crippen LogP contribution in [-0.4, -0.2) is 49.4 Å². The summed E-state index contributed by atoms with van der Waals surface area (Å²) in [5.41, 5.74) is 0. The smallest absolute Gasteiger partial charge is 0.407 e. The van der Waals surface area contributed by atoms with E-state index in [0.717, 1.165) is 11.8 Å². The van der Waals surface area contributed by atoms with Crippen LogP contribution in [0, 0.1) is 0 Å². The van der Waals surface area contributed by atoms with Crippen molar-refractivity contribution in [1.29, 1.82) is 0 Å². The quantitative estimate of drug-likeness (QED) is 0.651. The number of nitrogens with one attached hydrogen (secondary N) is 2. The van der Waals surface area contributed by atoms with E-state index in [4.69, 9.17) is 0 Å². The Balaban J connectivity index is 3.44. The molecule has 0 unspecified atom stereocenters. The lowest BCUT2D eigenvalue weighted by molar-refractivity contribution is -0.110. The van der Waals surface area contributed by atoms with Crippen LogP contribution in [0.5, 0.6) is 0 Å². The molecule has 0 rings (SSSR count). The van der Waals surface area contributed by atoms with Gasteiger partial charge in [-0.25, -0.2) is 9.59 Å². The van der Waals surface area contributed by atoms with Gasteiger partial charge in [-0.2, -0.15) is 0 Å². The molecule has 0 aliphatic carbocycles. The van der Waals surface area contributed by atoms with Gasteiger partial charge in [-0.05, 0) is 13.8 Å². The van der Waals surface area contributed by atoms with Crippen LogP contribution in [0.25, 0.3) is 0 Å². The lowest BCUT2D eigenvalue weighted by atomic mass is 10.5. The summed E-state index contributed by atoms with van der Waals surface area (Å²) in [6.45, 7) is 4.65. The van der Waals surface area contributed by atoms with Gasteiger partial charge in [0.2, 0.25) is 0 Å². The fraction of sp³-hybridized carbons (Fsp3) is 0.727. The predicted octanol–water partition coefficient (Wildman–Crippen LogP) is 1.13. The first-order valence-electron chi connectivity index (χ1n) is 6.07. The van der Waals surface area contributed by atoms with Crippen molar-refractivity contribution >= 4 is 29.1 Å². The molecule has 8 heteroatoms. The van der Waals surface area contributed by atoms with Crippen molar-refractivity contribution < 1.29 is 23.9 Å². The van der Waals surface area contributed by atoms with Gasteiger partial charge in [-0.15, -0.1) is 0 Å². The molecule has 0 spiro atoms. The molecule has 0 atom stereocenters. The number of thioether (sulfide) groups is 1. The minimum absolute atomic E-state index is 0.0533. The second-order valence-corrected chi connectivity index (χ2v) is 4.42. The van der Waals surface area contributed by atoms with Crippen molar-refractivity contribution in [3.63, 3.8) is 0 Å². The van der Waals surface area contributed by atoms with Crippen LogP contribution in [0.3, 0.4) is 0 Å². The summed E-state index contributed by atoms with van der Waals surface area (Å²) >= 11 is 1.10. The van der Waals surface area contributed by atoms with E-state index >= 15 is 0 Å². The molecule has 0 bridgehead atoms. The van der Waals surface area contributed by atoms with Crippen molar-refractivity contribution in [2.75, 3.05) is 32.1 Å². The maximum Gasteiger partial charge on any atom is 0.407 e. The molecule has 110 valence electrons. The zero-order valence-corrected chi connectivity index (χ0v) is 12.0. The molecular formula is C11H20N2O5S. The third-order valence-electron chi connectivity index (χ3n) is 1.78. The Morgan fingerprint density at radius 3 is 2.00 bits per heavy atom. The maximum absolute atomic E-state index is 11.4. The zero-order chi connectivity index (χ0) is 14.5. The Kier molecular flexibility index (Phi) is 10.8. The molecule has 7 nitrogen and oxygen atoms in total. The minimum atomic E-state index is -0.524. The number of rotatable bonds is 8. The number of hydrogen-bond acceptors (Lipinski definition) is 6. The molecule has 0 aromatic carbocycles. The van der Waals surface area contributed by atoms with E-state index in [1.165, 1.54) is 0 Å². The molecule has 0 saturated carbocycles. The molecular weight excluding hydrogens is 272 g/mol. The Hall–Kier alpha value is -1.44. The van der Waals surface area contributed by atoms with Gasteiger partial charge >= 0.3 is 12.2 Å². The third kappa shape index (κ3) is 11.4. The summed E-state index contributed by atoms with van der Waals surface area (Å²) in [6, 6.07) is 0.